The quantitative estimate of drug-likeness (QED) is 0.726. The molecule has 1 unspecified atom stereocenters. The van der Waals surface area contributed by atoms with Crippen molar-refractivity contribution in [2.24, 2.45) is 0 Å². The second-order valence-corrected chi connectivity index (χ2v) is 8.50. The van der Waals surface area contributed by atoms with Gasteiger partial charge in [-0.15, -0.1) is 0 Å². The number of hydrogen-bond acceptors (Lipinski definition) is 3. The number of nitrogens with zero attached hydrogens (tertiary/aromatic N) is 1. The van der Waals surface area contributed by atoms with Crippen molar-refractivity contribution < 1.29 is 4.79 Å². The number of hydrogen-bond donors (Lipinski definition) is 1. The molecule has 1 N–H and O–H groups in total. The van der Waals surface area contributed by atoms with Gasteiger partial charge in [0.15, 0.2) is 0 Å². The molecule has 27 heavy (non-hydrogen) atoms. The molecule has 3 rings (SSSR count). The summed E-state index contributed by atoms with van der Waals surface area (Å²) in [5, 5.41) is 3.17. The Morgan fingerprint density at radius 1 is 1.15 bits per heavy atom. The number of thioether (sulfide) groups is 1. The lowest BCUT2D eigenvalue weighted by Gasteiger charge is -2.26. The number of benzene rings is 2. The van der Waals surface area contributed by atoms with Gasteiger partial charge >= 0.3 is 0 Å². The van der Waals surface area contributed by atoms with Crippen molar-refractivity contribution in [2.45, 2.75) is 39.2 Å². The average molecular weight is 383 g/mol. The summed E-state index contributed by atoms with van der Waals surface area (Å²) in [6.07, 6.45) is 1.85. The van der Waals surface area contributed by atoms with E-state index < -0.39 is 0 Å². The maximum atomic E-state index is 12.9. The van der Waals surface area contributed by atoms with Crippen LogP contribution in [0.4, 0.5) is 5.69 Å². The molecule has 1 heterocycles. The number of carbonyl (C=O) groups is 1. The molecule has 3 nitrogen and oxygen atoms in total. The van der Waals surface area contributed by atoms with Gasteiger partial charge in [-0.2, -0.15) is 11.8 Å². The predicted molar refractivity (Wildman–Crippen MR) is 117 cm³/mol. The third-order valence-electron chi connectivity index (χ3n) is 5.15. The van der Waals surface area contributed by atoms with E-state index in [4.69, 9.17) is 0 Å². The molecule has 4 heteroatoms. The Morgan fingerprint density at radius 2 is 1.89 bits per heavy atom. The molecule has 0 saturated carbocycles. The fraction of sp³-hybridized carbons (Fsp3) is 0.435. The van der Waals surface area contributed by atoms with E-state index >= 15 is 0 Å². The number of amides is 1. The first kappa shape index (κ1) is 20.0. The Bertz CT molecular complexity index is 741. The van der Waals surface area contributed by atoms with E-state index in [2.05, 4.69) is 42.3 Å². The van der Waals surface area contributed by atoms with Crippen LogP contribution in [0.3, 0.4) is 0 Å². The van der Waals surface area contributed by atoms with Crippen molar-refractivity contribution in [3.05, 3.63) is 65.2 Å². The van der Waals surface area contributed by atoms with Crippen molar-refractivity contribution in [3.63, 3.8) is 0 Å². The minimum atomic E-state index is -0.0962. The minimum absolute atomic E-state index is 0.0898. The molecule has 1 aliphatic rings. The first-order valence-corrected chi connectivity index (χ1v) is 11.1. The molecule has 0 radical (unpaired) electrons. The van der Waals surface area contributed by atoms with Crippen molar-refractivity contribution >= 4 is 23.4 Å². The monoisotopic (exact) mass is 382 g/mol. The topological polar surface area (TPSA) is 32.3 Å². The Kier molecular flexibility index (Phi) is 7.36. The summed E-state index contributed by atoms with van der Waals surface area (Å²) in [6, 6.07) is 16.5. The molecular formula is C23H30N2OS. The average Bonchev–Trinajstić information content (AvgIpc) is 2.69. The zero-order valence-corrected chi connectivity index (χ0v) is 17.2. The highest BCUT2D eigenvalue weighted by molar-refractivity contribution is 7.99. The van der Waals surface area contributed by atoms with Crippen molar-refractivity contribution in [3.8, 4) is 0 Å². The van der Waals surface area contributed by atoms with Crippen molar-refractivity contribution in [1.82, 2.24) is 4.90 Å². The van der Waals surface area contributed by atoms with Crippen LogP contribution in [0, 0.1) is 6.92 Å². The normalized spacial score (nSPS) is 16.1. The van der Waals surface area contributed by atoms with Gasteiger partial charge < -0.3 is 5.32 Å². The van der Waals surface area contributed by atoms with Gasteiger partial charge in [0.25, 0.3) is 0 Å². The molecule has 2 aromatic carbocycles. The van der Waals surface area contributed by atoms with Crippen LogP contribution in [0.5, 0.6) is 0 Å². The summed E-state index contributed by atoms with van der Waals surface area (Å²) in [5.74, 6) is 2.45. The number of anilines is 1. The van der Waals surface area contributed by atoms with Crippen LogP contribution >= 0.6 is 11.8 Å². The summed E-state index contributed by atoms with van der Waals surface area (Å²) in [4.78, 5) is 15.4. The molecule has 2 aromatic rings. The summed E-state index contributed by atoms with van der Waals surface area (Å²) >= 11 is 2.04. The van der Waals surface area contributed by atoms with Gasteiger partial charge in [0.1, 0.15) is 0 Å². The van der Waals surface area contributed by atoms with Crippen LogP contribution in [0.1, 0.15) is 42.4 Å². The van der Waals surface area contributed by atoms with Gasteiger partial charge in [0.05, 0.1) is 5.92 Å². The van der Waals surface area contributed by atoms with Crippen molar-refractivity contribution in [2.75, 3.05) is 29.9 Å². The zero-order chi connectivity index (χ0) is 19.1. The summed E-state index contributed by atoms with van der Waals surface area (Å²) in [7, 11) is 0. The Morgan fingerprint density at radius 3 is 2.56 bits per heavy atom. The maximum Gasteiger partial charge on any atom is 0.231 e. The first-order chi connectivity index (χ1) is 13.2. The van der Waals surface area contributed by atoms with Gasteiger partial charge in [-0.25, -0.2) is 0 Å². The predicted octanol–water partition coefficient (Wildman–Crippen LogP) is 5.07. The lowest BCUT2D eigenvalue weighted by atomic mass is 9.93. The summed E-state index contributed by atoms with van der Waals surface area (Å²) in [5.41, 5.74) is 4.48. The van der Waals surface area contributed by atoms with E-state index in [1.807, 2.05) is 42.1 Å². The largest absolute Gasteiger partial charge is 0.325 e. The lowest BCUT2D eigenvalue weighted by Crippen LogP contribution is -2.32. The second kappa shape index (κ2) is 9.95. The molecule has 1 saturated heterocycles. The van der Waals surface area contributed by atoms with Gasteiger partial charge in [-0.05, 0) is 36.1 Å². The van der Waals surface area contributed by atoms with E-state index in [0.717, 1.165) is 49.3 Å². The molecule has 0 aliphatic carbocycles. The van der Waals surface area contributed by atoms with Gasteiger partial charge in [0.2, 0.25) is 5.91 Å². The minimum Gasteiger partial charge on any atom is -0.325 e. The highest BCUT2D eigenvalue weighted by Crippen LogP contribution is 2.25. The van der Waals surface area contributed by atoms with Crippen LogP contribution in [0.15, 0.2) is 48.5 Å². The van der Waals surface area contributed by atoms with E-state index in [-0.39, 0.29) is 11.8 Å². The second-order valence-electron chi connectivity index (χ2n) is 7.28. The third-order valence-corrected chi connectivity index (χ3v) is 6.10. The van der Waals surface area contributed by atoms with Gasteiger partial charge in [-0.3, -0.25) is 9.69 Å². The Labute approximate surface area is 167 Å². The number of nitrogens with one attached hydrogen (secondary N) is 1. The van der Waals surface area contributed by atoms with Crippen LogP contribution in [0.25, 0.3) is 0 Å². The highest BCUT2D eigenvalue weighted by Gasteiger charge is 2.20. The summed E-state index contributed by atoms with van der Waals surface area (Å²) < 4.78 is 0. The number of aryl methyl sites for hydroxylation is 1. The molecule has 1 aliphatic heterocycles. The summed E-state index contributed by atoms with van der Waals surface area (Å²) in [6.45, 7) is 7.54. The molecule has 1 atom stereocenters. The molecular weight excluding hydrogens is 352 g/mol. The van der Waals surface area contributed by atoms with Crippen LogP contribution in [-0.2, 0) is 11.3 Å². The van der Waals surface area contributed by atoms with Gasteiger partial charge in [-0.1, -0.05) is 55.8 Å². The van der Waals surface area contributed by atoms with Gasteiger partial charge in [0, 0.05) is 36.8 Å². The van der Waals surface area contributed by atoms with Crippen LogP contribution < -0.4 is 5.32 Å². The Hall–Kier alpha value is -1.78. The molecule has 0 aromatic heterocycles. The molecule has 1 fully saturated rings. The fourth-order valence-electron chi connectivity index (χ4n) is 3.62. The molecule has 1 amide bonds. The third kappa shape index (κ3) is 5.60. The first-order valence-electron chi connectivity index (χ1n) is 9.93. The standard InChI is InChI=1S/C23H30N2OS/c1-3-7-21(20-8-5-4-6-9-20)23(26)24-22-11-10-19(16-18(22)2)17-25-12-14-27-15-13-25/h4-6,8-11,16,21H,3,7,12-15,17H2,1-2H3,(H,24,26). The molecule has 144 valence electrons. The maximum absolute atomic E-state index is 12.9. The molecule has 0 spiro atoms. The lowest BCUT2D eigenvalue weighted by molar-refractivity contribution is -0.117. The van der Waals surface area contributed by atoms with E-state index in [1.54, 1.807) is 0 Å². The zero-order valence-electron chi connectivity index (χ0n) is 16.4. The van der Waals surface area contributed by atoms with Crippen molar-refractivity contribution in [1.29, 1.82) is 0 Å². The Balaban J connectivity index is 1.67. The SMILES string of the molecule is CCCC(C(=O)Nc1ccc(CN2CCSCC2)cc1C)c1ccccc1. The molecule has 0 bridgehead atoms. The smallest absolute Gasteiger partial charge is 0.231 e. The highest BCUT2D eigenvalue weighted by atomic mass is 32.2. The van der Waals surface area contributed by atoms with Crippen LogP contribution in [-0.4, -0.2) is 35.4 Å². The number of rotatable bonds is 7. The number of carbonyl (C=O) groups excluding carboxylic acids is 1. The van der Waals surface area contributed by atoms with E-state index in [1.165, 1.54) is 17.1 Å². The van der Waals surface area contributed by atoms with E-state index in [0.29, 0.717) is 0 Å². The van der Waals surface area contributed by atoms with Crippen LogP contribution in [0.2, 0.25) is 0 Å². The fourth-order valence-corrected chi connectivity index (χ4v) is 4.60. The van der Waals surface area contributed by atoms with E-state index in [9.17, 15) is 4.79 Å².